The zero-order chi connectivity index (χ0) is 80.9. The van der Waals surface area contributed by atoms with Crippen LogP contribution < -0.4 is 9.97 Å². The third kappa shape index (κ3) is 20.7. The molecule has 0 spiro atoms. The van der Waals surface area contributed by atoms with E-state index >= 15 is 0 Å². The molecule has 0 fully saturated rings. The summed E-state index contributed by atoms with van der Waals surface area (Å²) in [5.41, 5.74) is 14.1. The molecule has 13 rings (SSSR count). The van der Waals surface area contributed by atoms with E-state index < -0.39 is 0 Å². The number of aromatic nitrogens is 16. The topological polar surface area (TPSA) is 177 Å². The molecule has 0 radical (unpaired) electrons. The average Bonchev–Trinajstić information content (AvgIpc) is 1.58. The van der Waals surface area contributed by atoms with E-state index in [-0.39, 0.29) is 19.5 Å². The third-order valence-electron chi connectivity index (χ3n) is 25.8. The van der Waals surface area contributed by atoms with Crippen LogP contribution in [0.4, 0.5) is 0 Å². The van der Waals surface area contributed by atoms with Gasteiger partial charge in [-0.25, -0.2) is 29.9 Å². The Morgan fingerprint density at radius 1 is 0.222 bits per heavy atom. The van der Waals surface area contributed by atoms with E-state index in [1.54, 1.807) is 0 Å². The number of unbranched alkanes of at least 4 members (excludes halogenated alkanes) is 24. The van der Waals surface area contributed by atoms with Crippen molar-refractivity contribution in [1.82, 2.24) is 78.1 Å². The summed E-state index contributed by atoms with van der Waals surface area (Å²) in [5, 5.41) is 3.59. The van der Waals surface area contributed by atoms with Crippen molar-refractivity contribution in [3.8, 4) is 45.6 Å². The molecule has 117 heavy (non-hydrogen) atoms. The number of nitrogens with zero attached hydrogens (tertiary/aromatic N) is 16. The summed E-state index contributed by atoms with van der Waals surface area (Å²) in [6.45, 7) is 31.3. The number of rotatable bonds is 52. The van der Waals surface area contributed by atoms with Crippen LogP contribution in [0.5, 0.6) is 0 Å². The molecule has 7 aromatic heterocycles. The summed E-state index contributed by atoms with van der Waals surface area (Å²) >= 11 is 0. The minimum atomic E-state index is 0. The normalized spacial score (nSPS) is 12.4. The standard InChI is InChI=1S/C100H144N16.Zn/c1-13-25-33-41-49-69(50-42-34-26-14-2)97-101-81-61-73-77(65-85(81)113(97)57-21-9)93-105-89(73)109-94-78-66-86-83(103-99(114(86)58-22-10)71(53-45-37-29-17-5)54-46-38-30-18-6)63-75(78)91(107-94)111-96-80-68-88-84(104-100(116(88)60-24-12)72(55-47-39-31-19-7)56-48-40-32-20-8)64-76(80)92(108-96)112-95-79-67-87-82(62-74(79)90(106-95)110-93)102-98(115(87)59-23-11)70(51-43-35-27-15-3)52-44-36-28-16-4;/h61-72H,13-60H2,1-12H3;/q-2;+2. The SMILES string of the molecule is CCCCCCC(CCCCCC)c1nc2cc3c(cc2n1CCC)-c1nc-3nc2[n-]c(nc3nc(nc4[n-]c(n1)c1cc5nc(C(CCCCCC)CCCCCC)n(CCC)c5cc41)-c1cc4nc(C(CCCCCC)CCCCCC)n(CCC)c4cc1-3)c1cc3nc(C(CCCCCC)CCCCCC)n(CCC)c3cc21.[Zn+2]. The van der Waals surface area contributed by atoms with Gasteiger partial charge in [0.05, 0.1) is 67.4 Å². The second kappa shape index (κ2) is 44.3. The number of hydrogen-bond donors (Lipinski definition) is 0. The Morgan fingerprint density at radius 3 is 0.650 bits per heavy atom. The molecule has 16 nitrogen and oxygen atoms in total. The molecular formula is C100H144N16Zn. The van der Waals surface area contributed by atoms with Gasteiger partial charge < -0.3 is 48.2 Å². The van der Waals surface area contributed by atoms with E-state index in [9.17, 15) is 0 Å². The fraction of sp³-hybridized carbons (Fsp3) is 0.640. The first-order chi connectivity index (χ1) is 57.0. The molecule has 11 aromatic rings. The van der Waals surface area contributed by atoms with Crippen molar-refractivity contribution in [2.24, 2.45) is 0 Å². The van der Waals surface area contributed by atoms with Crippen molar-refractivity contribution in [1.29, 1.82) is 0 Å². The first kappa shape index (κ1) is 89.0. The summed E-state index contributed by atoms with van der Waals surface area (Å²) in [6, 6.07) is 18.5. The first-order valence-electron chi connectivity index (χ1n) is 47.9. The second-order valence-electron chi connectivity index (χ2n) is 35.1. The Bertz CT molecular complexity index is 4810. The van der Waals surface area contributed by atoms with E-state index in [1.165, 1.54) is 229 Å². The van der Waals surface area contributed by atoms with E-state index in [0.29, 0.717) is 69.6 Å². The Labute approximate surface area is 714 Å². The summed E-state index contributed by atoms with van der Waals surface area (Å²) in [4.78, 5) is 69.2. The number of hydrogen-bond acceptors (Lipinski definition) is 10. The Morgan fingerprint density at radius 2 is 0.427 bits per heavy atom. The fourth-order valence-corrected chi connectivity index (χ4v) is 19.4. The van der Waals surface area contributed by atoms with E-state index in [0.717, 1.165) is 191 Å². The molecule has 0 N–H and O–H groups in total. The predicted octanol–water partition coefficient (Wildman–Crippen LogP) is 29.3. The van der Waals surface area contributed by atoms with Gasteiger partial charge in [0, 0.05) is 94.7 Å². The van der Waals surface area contributed by atoms with Gasteiger partial charge in [-0.3, -0.25) is 0 Å². The number of fused-ring (bicyclic) bond motifs is 24. The van der Waals surface area contributed by atoms with Crippen LogP contribution in [0.3, 0.4) is 0 Å². The van der Waals surface area contributed by atoms with Crippen molar-refractivity contribution in [2.45, 2.75) is 415 Å². The molecule has 2 aliphatic heterocycles. The molecule has 9 heterocycles. The molecule has 0 amide bonds. The molecule has 2 aliphatic rings. The number of benzene rings is 4. The molecule has 0 aliphatic carbocycles. The van der Waals surface area contributed by atoms with E-state index in [4.69, 9.17) is 59.8 Å². The van der Waals surface area contributed by atoms with Gasteiger partial charge in [0.15, 0.2) is 0 Å². The Balaban J connectivity index is 0.0000126. The van der Waals surface area contributed by atoms with Crippen molar-refractivity contribution >= 4 is 88.3 Å². The fourth-order valence-electron chi connectivity index (χ4n) is 19.4. The van der Waals surface area contributed by atoms with Crippen molar-refractivity contribution in [3.63, 3.8) is 0 Å². The predicted molar refractivity (Wildman–Crippen MR) is 489 cm³/mol. The molecule has 626 valence electrons. The molecule has 0 saturated heterocycles. The summed E-state index contributed by atoms with van der Waals surface area (Å²) in [6.07, 6.45) is 52.5. The monoisotopic (exact) mass is 1630 g/mol. The van der Waals surface area contributed by atoms with Crippen molar-refractivity contribution < 1.29 is 19.5 Å². The Hall–Kier alpha value is -7.26. The minimum Gasteiger partial charge on any atom is -0.357 e. The van der Waals surface area contributed by atoms with Crippen LogP contribution in [0, 0.1) is 0 Å². The summed E-state index contributed by atoms with van der Waals surface area (Å²) in [7, 11) is 0. The second-order valence-corrected chi connectivity index (χ2v) is 35.1. The first-order valence-corrected chi connectivity index (χ1v) is 47.9. The van der Waals surface area contributed by atoms with Gasteiger partial charge >= 0.3 is 19.5 Å². The van der Waals surface area contributed by atoms with Gasteiger partial charge in [-0.1, -0.05) is 289 Å². The van der Waals surface area contributed by atoms with Gasteiger partial charge in [0.2, 0.25) is 0 Å². The van der Waals surface area contributed by atoms with Crippen LogP contribution in [0.1, 0.15) is 413 Å². The summed E-state index contributed by atoms with van der Waals surface area (Å²) < 4.78 is 10.2. The van der Waals surface area contributed by atoms with Gasteiger partial charge in [-0.05, 0) is 147 Å². The smallest absolute Gasteiger partial charge is 0.357 e. The molecule has 0 atom stereocenters. The molecule has 17 heteroatoms. The molecular weight excluding hydrogens is 1490 g/mol. The maximum atomic E-state index is 5.83. The quantitative estimate of drug-likeness (QED) is 0.0261. The third-order valence-corrected chi connectivity index (χ3v) is 25.8. The zero-order valence-corrected chi connectivity index (χ0v) is 77.7. The van der Waals surface area contributed by atoms with Crippen molar-refractivity contribution in [3.05, 3.63) is 71.8 Å². The number of imidazole rings is 4. The molecule has 0 saturated carbocycles. The molecule has 4 aromatic carbocycles. The van der Waals surface area contributed by atoms with Crippen LogP contribution >= 0.6 is 0 Å². The maximum absolute atomic E-state index is 5.83. The molecule has 0 unspecified atom stereocenters. The van der Waals surface area contributed by atoms with Gasteiger partial charge in [-0.15, -0.1) is 0 Å². The van der Waals surface area contributed by atoms with Crippen LogP contribution in [-0.2, 0) is 45.7 Å². The van der Waals surface area contributed by atoms with Crippen LogP contribution in [0.2, 0.25) is 0 Å². The van der Waals surface area contributed by atoms with E-state index in [2.05, 4.69) is 150 Å². The van der Waals surface area contributed by atoms with E-state index in [1.807, 2.05) is 0 Å². The average molecular weight is 1640 g/mol. The van der Waals surface area contributed by atoms with Crippen molar-refractivity contribution in [2.75, 3.05) is 0 Å². The van der Waals surface area contributed by atoms with Gasteiger partial charge in [0.1, 0.15) is 23.3 Å². The Kier molecular flexibility index (Phi) is 33.7. The van der Waals surface area contributed by atoms with Gasteiger partial charge in [-0.2, -0.15) is 0 Å². The number of aryl methyl sites for hydroxylation is 4. The van der Waals surface area contributed by atoms with Gasteiger partial charge in [0.25, 0.3) is 0 Å². The minimum absolute atomic E-state index is 0. The van der Waals surface area contributed by atoms with Crippen LogP contribution in [0.15, 0.2) is 48.5 Å². The van der Waals surface area contributed by atoms with Crippen LogP contribution in [0.25, 0.3) is 134 Å². The maximum Gasteiger partial charge on any atom is 2.00 e. The zero-order valence-electron chi connectivity index (χ0n) is 74.7. The van der Waals surface area contributed by atoms with Crippen LogP contribution in [-0.4, -0.2) is 68.1 Å². The largest absolute Gasteiger partial charge is 2.00 e. The summed E-state index contributed by atoms with van der Waals surface area (Å²) in [5.74, 6) is 8.48. The molecule has 8 bridgehead atoms.